The molecule has 18 heteroatoms. The van der Waals surface area contributed by atoms with Gasteiger partial charge in [0.05, 0.1) is 26.4 Å². The minimum Gasteiger partial charge on any atom is -0.463 e. The second-order valence-electron chi connectivity index (χ2n) is 22.3. The standard InChI is InChI=1S/C69H120O16P2/c1-4-7-10-13-16-19-22-25-28-29-30-31-32-33-36-38-40-43-46-49-52-55-67(72)79-58-64(70)59-81-86(75,76)82-60-65(71)61-83-87(77,78)84-63-66(85-69(74)57-54-51-48-45-42-39-35-27-24-21-18-15-12-9-6-3)62-80-68(73)56-53-50-47-44-41-37-34-26-23-20-17-14-11-8-5-2/h16-21,25-28,30-31,33-36,64-66,70-71H,4-15,22-24,29,32,37-63H2,1-3H3,(H,75,76)(H,77,78)/b19-16-,20-17-,21-18-,28-25-,31-30-,34-26-,35-27-,36-33-. The van der Waals surface area contributed by atoms with Crippen LogP contribution in [-0.4, -0.2) is 95.9 Å². The molecular weight excluding hydrogens is 1150 g/mol. The molecular formula is C69H120O16P2. The van der Waals surface area contributed by atoms with E-state index in [9.17, 15) is 43.5 Å². The van der Waals surface area contributed by atoms with E-state index in [-0.39, 0.29) is 19.3 Å². The highest BCUT2D eigenvalue weighted by Crippen LogP contribution is 2.45. The maximum absolute atomic E-state index is 12.9. The molecule has 502 valence electrons. The minimum absolute atomic E-state index is 0.0842. The summed E-state index contributed by atoms with van der Waals surface area (Å²) < 4.78 is 60.8. The van der Waals surface area contributed by atoms with Crippen LogP contribution < -0.4 is 0 Å². The summed E-state index contributed by atoms with van der Waals surface area (Å²) in [4.78, 5) is 58.3. The number of carbonyl (C=O) groups excluding carboxylic acids is 3. The summed E-state index contributed by atoms with van der Waals surface area (Å²) in [6.07, 6.45) is 67.4. The Morgan fingerprint density at radius 1 is 0.322 bits per heavy atom. The van der Waals surface area contributed by atoms with E-state index in [1.807, 2.05) is 0 Å². The van der Waals surface area contributed by atoms with Crippen molar-refractivity contribution in [2.45, 2.75) is 283 Å². The third kappa shape index (κ3) is 63.8. The third-order valence-electron chi connectivity index (χ3n) is 13.8. The van der Waals surface area contributed by atoms with Crippen molar-refractivity contribution in [1.82, 2.24) is 0 Å². The molecule has 87 heavy (non-hydrogen) atoms. The molecule has 0 fully saturated rings. The number of phosphoric acid groups is 2. The van der Waals surface area contributed by atoms with Crippen molar-refractivity contribution in [1.29, 1.82) is 0 Å². The van der Waals surface area contributed by atoms with Crippen LogP contribution in [0.3, 0.4) is 0 Å². The van der Waals surface area contributed by atoms with E-state index in [1.165, 1.54) is 64.2 Å². The molecule has 0 heterocycles. The van der Waals surface area contributed by atoms with E-state index in [1.54, 1.807) is 0 Å². The number of aliphatic hydroxyl groups is 2. The summed E-state index contributed by atoms with van der Waals surface area (Å²) in [5.41, 5.74) is 0. The Kier molecular flexibility index (Phi) is 60.1. The predicted octanol–water partition coefficient (Wildman–Crippen LogP) is 18.3. The van der Waals surface area contributed by atoms with Gasteiger partial charge in [0.15, 0.2) is 6.10 Å². The van der Waals surface area contributed by atoms with Gasteiger partial charge in [-0.05, 0) is 128 Å². The molecule has 0 aromatic rings. The zero-order chi connectivity index (χ0) is 63.8. The van der Waals surface area contributed by atoms with Gasteiger partial charge in [-0.15, -0.1) is 0 Å². The van der Waals surface area contributed by atoms with Crippen molar-refractivity contribution in [2.24, 2.45) is 0 Å². The van der Waals surface area contributed by atoms with Gasteiger partial charge >= 0.3 is 33.6 Å². The highest BCUT2D eigenvalue weighted by Gasteiger charge is 2.29. The molecule has 0 aliphatic heterocycles. The number of ether oxygens (including phenoxy) is 3. The van der Waals surface area contributed by atoms with E-state index >= 15 is 0 Å². The van der Waals surface area contributed by atoms with E-state index in [4.69, 9.17) is 32.3 Å². The van der Waals surface area contributed by atoms with Gasteiger partial charge in [-0.2, -0.15) is 0 Å². The Morgan fingerprint density at radius 2 is 0.575 bits per heavy atom. The lowest BCUT2D eigenvalue weighted by Crippen LogP contribution is -2.30. The van der Waals surface area contributed by atoms with Crippen molar-refractivity contribution in [3.8, 4) is 0 Å². The van der Waals surface area contributed by atoms with Gasteiger partial charge in [0.2, 0.25) is 0 Å². The number of hydrogen-bond acceptors (Lipinski definition) is 14. The predicted molar refractivity (Wildman–Crippen MR) is 353 cm³/mol. The van der Waals surface area contributed by atoms with Crippen LogP contribution in [0.25, 0.3) is 0 Å². The van der Waals surface area contributed by atoms with Crippen molar-refractivity contribution in [2.75, 3.05) is 39.6 Å². The van der Waals surface area contributed by atoms with Crippen molar-refractivity contribution < 1.29 is 75.8 Å². The normalized spacial score (nSPS) is 14.9. The molecule has 16 nitrogen and oxygen atoms in total. The Balaban J connectivity index is 4.67. The summed E-state index contributed by atoms with van der Waals surface area (Å²) in [5, 5.41) is 20.5. The van der Waals surface area contributed by atoms with Crippen molar-refractivity contribution >= 4 is 33.6 Å². The van der Waals surface area contributed by atoms with Crippen LogP contribution in [0.1, 0.15) is 265 Å². The topological polar surface area (TPSA) is 231 Å². The van der Waals surface area contributed by atoms with Crippen LogP contribution in [0, 0.1) is 0 Å². The first-order valence-electron chi connectivity index (χ1n) is 33.5. The fourth-order valence-corrected chi connectivity index (χ4v) is 10.1. The van der Waals surface area contributed by atoms with Gasteiger partial charge in [-0.3, -0.25) is 32.5 Å². The largest absolute Gasteiger partial charge is 0.472 e. The first kappa shape index (κ1) is 83.5. The average molecular weight is 1270 g/mol. The second kappa shape index (κ2) is 62.7. The van der Waals surface area contributed by atoms with E-state index < -0.39 is 91.5 Å². The number of hydrogen-bond donors (Lipinski definition) is 4. The number of esters is 3. The molecule has 0 saturated heterocycles. The number of rotatable bonds is 63. The fraction of sp³-hybridized carbons (Fsp3) is 0.725. The highest BCUT2D eigenvalue weighted by molar-refractivity contribution is 7.47. The smallest absolute Gasteiger partial charge is 0.463 e. The molecule has 0 bridgehead atoms. The average Bonchev–Trinajstić information content (AvgIpc) is 3.68. The lowest BCUT2D eigenvalue weighted by atomic mass is 10.1. The molecule has 0 aliphatic rings. The summed E-state index contributed by atoms with van der Waals surface area (Å²) in [5.74, 6) is -1.62. The second-order valence-corrected chi connectivity index (χ2v) is 25.2. The Bertz CT molecular complexity index is 1980. The fourth-order valence-electron chi connectivity index (χ4n) is 8.55. The van der Waals surface area contributed by atoms with Crippen LogP contribution >= 0.6 is 15.6 Å². The number of allylic oxidation sites excluding steroid dienone is 16. The van der Waals surface area contributed by atoms with Crippen LogP contribution in [-0.2, 0) is 55.8 Å². The summed E-state index contributed by atoms with van der Waals surface area (Å²) in [7, 11) is -9.79. The molecule has 0 aromatic carbocycles. The number of unbranched alkanes of at least 4 members (excludes halogenated alkanes) is 24. The zero-order valence-electron chi connectivity index (χ0n) is 54.2. The highest BCUT2D eigenvalue weighted by atomic mass is 31.2. The SMILES string of the molecule is CCCCC/C=C\C/C=C\C/C=C\C/C=C\CCCCCCCC(=O)OCC(O)COP(=O)(O)OCC(O)COP(=O)(O)OCC(COC(=O)CCCCCCC/C=C\C/C=C\CCCCC)OC(=O)CCCCCCC/C=C\C/C=C\CCCCC. The van der Waals surface area contributed by atoms with Gasteiger partial charge in [0, 0.05) is 19.3 Å². The molecule has 0 radical (unpaired) electrons. The Morgan fingerprint density at radius 3 is 0.908 bits per heavy atom. The molecule has 0 amide bonds. The maximum Gasteiger partial charge on any atom is 0.472 e. The van der Waals surface area contributed by atoms with Gasteiger partial charge in [-0.25, -0.2) is 9.13 Å². The first-order chi connectivity index (χ1) is 42.2. The molecule has 0 aliphatic carbocycles. The molecule has 4 N–H and O–H groups in total. The lowest BCUT2D eigenvalue weighted by Gasteiger charge is -2.21. The Labute approximate surface area is 527 Å². The Hall–Kier alpha value is -3.53. The van der Waals surface area contributed by atoms with Crippen molar-refractivity contribution in [3.05, 3.63) is 97.2 Å². The van der Waals surface area contributed by atoms with Crippen molar-refractivity contribution in [3.63, 3.8) is 0 Å². The third-order valence-corrected chi connectivity index (χ3v) is 15.7. The molecule has 0 spiro atoms. The zero-order valence-corrected chi connectivity index (χ0v) is 56.0. The van der Waals surface area contributed by atoms with Crippen LogP contribution in [0.2, 0.25) is 0 Å². The van der Waals surface area contributed by atoms with E-state index in [0.29, 0.717) is 19.3 Å². The van der Waals surface area contributed by atoms with Crippen LogP contribution in [0.4, 0.5) is 0 Å². The monoisotopic (exact) mass is 1270 g/mol. The number of phosphoric ester groups is 2. The molecule has 0 saturated carbocycles. The number of aliphatic hydroxyl groups excluding tert-OH is 2. The molecule has 0 aromatic heterocycles. The van der Waals surface area contributed by atoms with Gasteiger partial charge in [-0.1, -0.05) is 214 Å². The minimum atomic E-state index is -4.93. The van der Waals surface area contributed by atoms with Gasteiger partial charge in [0.25, 0.3) is 0 Å². The number of carbonyl (C=O) groups is 3. The van der Waals surface area contributed by atoms with Crippen LogP contribution in [0.5, 0.6) is 0 Å². The summed E-state index contributed by atoms with van der Waals surface area (Å²) in [6.45, 7) is 2.52. The first-order valence-corrected chi connectivity index (χ1v) is 36.5. The molecule has 5 unspecified atom stereocenters. The molecule has 5 atom stereocenters. The van der Waals surface area contributed by atoms with E-state index in [2.05, 4.69) is 118 Å². The maximum atomic E-state index is 12.9. The quantitative estimate of drug-likeness (QED) is 0.0146. The van der Waals surface area contributed by atoms with E-state index in [0.717, 1.165) is 141 Å². The van der Waals surface area contributed by atoms with Gasteiger partial charge < -0.3 is 34.2 Å². The summed E-state index contributed by atoms with van der Waals surface area (Å²) >= 11 is 0. The lowest BCUT2D eigenvalue weighted by molar-refractivity contribution is -0.161. The van der Waals surface area contributed by atoms with Gasteiger partial charge in [0.1, 0.15) is 25.4 Å². The molecule has 0 rings (SSSR count). The summed E-state index contributed by atoms with van der Waals surface area (Å²) in [6, 6.07) is 0. The van der Waals surface area contributed by atoms with Crippen LogP contribution in [0.15, 0.2) is 97.2 Å².